The Bertz CT molecular complexity index is 331. The molecule has 0 aromatic heterocycles. The van der Waals surface area contributed by atoms with E-state index in [0.29, 0.717) is 22.7 Å². The lowest BCUT2D eigenvalue weighted by molar-refractivity contribution is 0.306. The minimum Gasteiger partial charge on any atom is -0.492 e. The van der Waals surface area contributed by atoms with Gasteiger partial charge in [0, 0.05) is 18.7 Å². The summed E-state index contributed by atoms with van der Waals surface area (Å²) in [4.78, 5) is 0. The molecule has 0 spiro atoms. The molecule has 1 aromatic carbocycles. The summed E-state index contributed by atoms with van der Waals surface area (Å²) in [5.74, 6) is 0.750. The number of hydrogen-bond acceptors (Lipinski definition) is 2. The molecule has 0 fully saturated rings. The zero-order chi connectivity index (χ0) is 12.0. The van der Waals surface area contributed by atoms with Crippen molar-refractivity contribution in [3.63, 3.8) is 0 Å². The van der Waals surface area contributed by atoms with Crippen molar-refractivity contribution in [2.24, 2.45) is 0 Å². The van der Waals surface area contributed by atoms with Gasteiger partial charge in [0.15, 0.2) is 0 Å². The fourth-order valence-electron chi connectivity index (χ4n) is 1.19. The first-order valence-electron chi connectivity index (χ1n) is 5.44. The number of hydrogen-bond donors (Lipinski definition) is 1. The van der Waals surface area contributed by atoms with Crippen LogP contribution in [0.25, 0.3) is 0 Å². The second-order valence-corrected chi connectivity index (χ2v) is 4.50. The Labute approximate surface area is 107 Å². The van der Waals surface area contributed by atoms with Crippen molar-refractivity contribution in [2.45, 2.75) is 26.3 Å². The molecule has 0 aliphatic heterocycles. The first-order valence-corrected chi connectivity index (χ1v) is 6.20. The minimum absolute atomic E-state index is 0.522. The van der Waals surface area contributed by atoms with Gasteiger partial charge in [-0.15, -0.1) is 0 Å². The quantitative estimate of drug-likeness (QED) is 0.788. The molecular formula is C12H17Cl2NO. The fourth-order valence-corrected chi connectivity index (χ4v) is 1.47. The lowest BCUT2D eigenvalue weighted by atomic mass is 10.3. The van der Waals surface area contributed by atoms with Crippen LogP contribution in [0.1, 0.15) is 20.3 Å². The molecule has 1 rings (SSSR count). The van der Waals surface area contributed by atoms with E-state index in [2.05, 4.69) is 19.2 Å². The van der Waals surface area contributed by atoms with Crippen molar-refractivity contribution < 1.29 is 4.74 Å². The second-order valence-electron chi connectivity index (χ2n) is 3.69. The fraction of sp³-hybridized carbons (Fsp3) is 0.500. The predicted molar refractivity (Wildman–Crippen MR) is 69.7 cm³/mol. The molecule has 2 nitrogen and oxygen atoms in total. The molecule has 1 atom stereocenters. The topological polar surface area (TPSA) is 21.3 Å². The lowest BCUT2D eigenvalue weighted by Crippen LogP contribution is -2.29. The van der Waals surface area contributed by atoms with Crippen molar-refractivity contribution in [1.82, 2.24) is 5.32 Å². The highest BCUT2D eigenvalue weighted by molar-refractivity contribution is 6.42. The molecule has 0 saturated carbocycles. The van der Waals surface area contributed by atoms with E-state index < -0.39 is 0 Å². The van der Waals surface area contributed by atoms with Crippen LogP contribution in [0.15, 0.2) is 18.2 Å². The van der Waals surface area contributed by atoms with Crippen LogP contribution >= 0.6 is 23.2 Å². The van der Waals surface area contributed by atoms with Crippen molar-refractivity contribution >= 4 is 23.2 Å². The second kappa shape index (κ2) is 7.00. The highest BCUT2D eigenvalue weighted by Gasteiger charge is 2.00. The Kier molecular flexibility index (Phi) is 5.96. The third kappa shape index (κ3) is 4.60. The van der Waals surface area contributed by atoms with Gasteiger partial charge in [-0.3, -0.25) is 0 Å². The molecular weight excluding hydrogens is 245 g/mol. The van der Waals surface area contributed by atoms with Crippen molar-refractivity contribution in [1.29, 1.82) is 0 Å². The summed E-state index contributed by atoms with van der Waals surface area (Å²) < 4.78 is 5.53. The SMILES string of the molecule is CC[C@H](C)NCCOc1ccc(Cl)c(Cl)c1. The molecule has 0 heterocycles. The standard InChI is InChI=1S/C12H17Cl2NO/c1-3-9(2)15-6-7-16-10-4-5-11(13)12(14)8-10/h4-5,8-9,15H,3,6-7H2,1-2H3/t9-/m0/s1. The lowest BCUT2D eigenvalue weighted by Gasteiger charge is -2.12. The summed E-state index contributed by atoms with van der Waals surface area (Å²) >= 11 is 11.7. The molecule has 0 radical (unpaired) electrons. The summed E-state index contributed by atoms with van der Waals surface area (Å²) in [6.07, 6.45) is 1.12. The highest BCUT2D eigenvalue weighted by atomic mass is 35.5. The van der Waals surface area contributed by atoms with E-state index in [1.807, 2.05) is 6.07 Å². The Morgan fingerprint density at radius 2 is 2.06 bits per heavy atom. The molecule has 0 bridgehead atoms. The van der Waals surface area contributed by atoms with Gasteiger partial charge in [-0.2, -0.15) is 0 Å². The number of ether oxygens (including phenoxy) is 1. The van der Waals surface area contributed by atoms with Gasteiger partial charge in [0.2, 0.25) is 0 Å². The zero-order valence-corrected chi connectivity index (χ0v) is 11.1. The average molecular weight is 262 g/mol. The van der Waals surface area contributed by atoms with Crippen LogP contribution in [0, 0.1) is 0 Å². The van der Waals surface area contributed by atoms with Gasteiger partial charge in [0.1, 0.15) is 12.4 Å². The molecule has 0 amide bonds. The van der Waals surface area contributed by atoms with E-state index >= 15 is 0 Å². The Morgan fingerprint density at radius 1 is 1.31 bits per heavy atom. The van der Waals surface area contributed by atoms with Gasteiger partial charge in [-0.1, -0.05) is 30.1 Å². The smallest absolute Gasteiger partial charge is 0.120 e. The van der Waals surface area contributed by atoms with Crippen molar-refractivity contribution in [2.75, 3.05) is 13.2 Å². The molecule has 0 saturated heterocycles. The largest absolute Gasteiger partial charge is 0.492 e. The Balaban J connectivity index is 2.29. The van der Waals surface area contributed by atoms with Crippen molar-refractivity contribution in [3.05, 3.63) is 28.2 Å². The Hall–Kier alpha value is -0.440. The third-order valence-corrected chi connectivity index (χ3v) is 3.11. The summed E-state index contributed by atoms with van der Waals surface area (Å²) in [6.45, 7) is 5.76. The van der Waals surface area contributed by atoms with E-state index in [4.69, 9.17) is 27.9 Å². The normalized spacial score (nSPS) is 12.5. The van der Waals surface area contributed by atoms with Crippen LogP contribution in [0.5, 0.6) is 5.75 Å². The molecule has 1 aromatic rings. The van der Waals surface area contributed by atoms with E-state index in [1.54, 1.807) is 12.1 Å². The van der Waals surface area contributed by atoms with Gasteiger partial charge in [0.25, 0.3) is 0 Å². The van der Waals surface area contributed by atoms with E-state index in [9.17, 15) is 0 Å². The maximum Gasteiger partial charge on any atom is 0.120 e. The number of rotatable bonds is 6. The van der Waals surface area contributed by atoms with Crippen LogP contribution in [0.2, 0.25) is 10.0 Å². The van der Waals surface area contributed by atoms with Gasteiger partial charge in [-0.25, -0.2) is 0 Å². The first kappa shape index (κ1) is 13.6. The van der Waals surface area contributed by atoms with Gasteiger partial charge in [-0.05, 0) is 25.5 Å². The maximum atomic E-state index is 5.87. The average Bonchev–Trinajstić information content (AvgIpc) is 2.28. The maximum absolute atomic E-state index is 5.87. The van der Waals surface area contributed by atoms with Gasteiger partial charge in [0.05, 0.1) is 10.0 Å². The van der Waals surface area contributed by atoms with Crippen molar-refractivity contribution in [3.8, 4) is 5.75 Å². The number of benzene rings is 1. The highest BCUT2D eigenvalue weighted by Crippen LogP contribution is 2.26. The predicted octanol–water partition coefficient (Wildman–Crippen LogP) is 3.76. The third-order valence-electron chi connectivity index (χ3n) is 2.37. The minimum atomic E-state index is 0.522. The van der Waals surface area contributed by atoms with Crippen LogP contribution in [0.3, 0.4) is 0 Å². The zero-order valence-electron chi connectivity index (χ0n) is 9.59. The Morgan fingerprint density at radius 3 is 2.69 bits per heavy atom. The molecule has 1 N–H and O–H groups in total. The molecule has 0 aliphatic rings. The first-order chi connectivity index (χ1) is 7.63. The van der Waals surface area contributed by atoms with E-state index in [0.717, 1.165) is 18.7 Å². The van der Waals surface area contributed by atoms with Crippen LogP contribution in [-0.2, 0) is 0 Å². The van der Waals surface area contributed by atoms with E-state index in [1.165, 1.54) is 0 Å². The van der Waals surface area contributed by atoms with Crippen LogP contribution < -0.4 is 10.1 Å². The van der Waals surface area contributed by atoms with E-state index in [-0.39, 0.29) is 0 Å². The number of halogens is 2. The van der Waals surface area contributed by atoms with Gasteiger partial charge >= 0.3 is 0 Å². The molecule has 4 heteroatoms. The summed E-state index contributed by atoms with van der Waals surface area (Å²) in [5.41, 5.74) is 0. The molecule has 16 heavy (non-hydrogen) atoms. The molecule has 90 valence electrons. The summed E-state index contributed by atoms with van der Waals surface area (Å²) in [7, 11) is 0. The van der Waals surface area contributed by atoms with Crippen LogP contribution in [0.4, 0.5) is 0 Å². The summed E-state index contributed by atoms with van der Waals surface area (Å²) in [5, 5.41) is 4.41. The number of nitrogens with one attached hydrogen (secondary N) is 1. The summed E-state index contributed by atoms with van der Waals surface area (Å²) in [6, 6.07) is 5.81. The molecule has 0 aliphatic carbocycles. The van der Waals surface area contributed by atoms with Gasteiger partial charge < -0.3 is 10.1 Å². The monoisotopic (exact) mass is 261 g/mol. The van der Waals surface area contributed by atoms with Crippen LogP contribution in [-0.4, -0.2) is 19.2 Å². The molecule has 0 unspecified atom stereocenters.